The minimum absolute atomic E-state index is 0.0790. The fourth-order valence-corrected chi connectivity index (χ4v) is 4.23. The van der Waals surface area contributed by atoms with Crippen LogP contribution in [-0.4, -0.2) is 42.8 Å². The van der Waals surface area contributed by atoms with Crippen molar-refractivity contribution in [3.63, 3.8) is 0 Å². The van der Waals surface area contributed by atoms with E-state index in [0.29, 0.717) is 24.4 Å². The Kier molecular flexibility index (Phi) is 7.40. The molecule has 0 fully saturated rings. The SMILES string of the molecule is CCN(CC)S(=O)(=O)c1ccc(OC(C)C)c(NC(=O)c2ccnc(Cl)c2)c1. The number of hydrogen-bond acceptors (Lipinski definition) is 5. The summed E-state index contributed by atoms with van der Waals surface area (Å²) in [6.45, 7) is 7.92. The monoisotopic (exact) mass is 425 g/mol. The normalized spacial score (nSPS) is 11.7. The highest BCUT2D eigenvalue weighted by Gasteiger charge is 2.23. The van der Waals surface area contributed by atoms with Crippen LogP contribution in [0.3, 0.4) is 0 Å². The van der Waals surface area contributed by atoms with Crippen LogP contribution in [0.15, 0.2) is 41.4 Å². The Hall–Kier alpha value is -2.16. The maximum absolute atomic E-state index is 12.8. The van der Waals surface area contributed by atoms with Crippen molar-refractivity contribution < 1.29 is 17.9 Å². The van der Waals surface area contributed by atoms with Crippen molar-refractivity contribution in [2.24, 2.45) is 0 Å². The van der Waals surface area contributed by atoms with Gasteiger partial charge in [-0.25, -0.2) is 13.4 Å². The van der Waals surface area contributed by atoms with E-state index < -0.39 is 15.9 Å². The van der Waals surface area contributed by atoms with Crippen molar-refractivity contribution in [1.82, 2.24) is 9.29 Å². The van der Waals surface area contributed by atoms with Crippen LogP contribution in [0.4, 0.5) is 5.69 Å². The number of nitrogens with zero attached hydrogens (tertiary/aromatic N) is 2. The molecule has 1 aromatic heterocycles. The van der Waals surface area contributed by atoms with E-state index in [0.717, 1.165) is 0 Å². The molecule has 1 amide bonds. The van der Waals surface area contributed by atoms with Gasteiger partial charge in [0.1, 0.15) is 10.9 Å². The molecule has 2 rings (SSSR count). The topological polar surface area (TPSA) is 88.6 Å². The van der Waals surface area contributed by atoms with Crippen LogP contribution in [0.25, 0.3) is 0 Å². The minimum Gasteiger partial charge on any atom is -0.489 e. The number of carbonyl (C=O) groups is 1. The van der Waals surface area contributed by atoms with Gasteiger partial charge in [-0.3, -0.25) is 4.79 Å². The summed E-state index contributed by atoms with van der Waals surface area (Å²) in [6, 6.07) is 7.37. The number of sulfonamides is 1. The van der Waals surface area contributed by atoms with Crippen LogP contribution < -0.4 is 10.1 Å². The average molecular weight is 426 g/mol. The van der Waals surface area contributed by atoms with Gasteiger partial charge in [0.2, 0.25) is 10.0 Å². The number of rotatable bonds is 8. The molecule has 28 heavy (non-hydrogen) atoms. The fourth-order valence-electron chi connectivity index (χ4n) is 2.57. The summed E-state index contributed by atoms with van der Waals surface area (Å²) in [6.07, 6.45) is 1.26. The molecule has 2 aromatic rings. The lowest BCUT2D eigenvalue weighted by Crippen LogP contribution is -2.30. The number of amides is 1. The minimum atomic E-state index is -3.68. The third kappa shape index (κ3) is 5.21. The second kappa shape index (κ2) is 9.36. The lowest BCUT2D eigenvalue weighted by molar-refractivity contribution is 0.102. The first-order valence-corrected chi connectivity index (χ1v) is 10.7. The molecule has 1 aromatic carbocycles. The van der Waals surface area contributed by atoms with Crippen LogP contribution in [0.2, 0.25) is 5.15 Å². The van der Waals surface area contributed by atoms with Gasteiger partial charge in [-0.05, 0) is 44.2 Å². The molecule has 0 aliphatic rings. The molecule has 9 heteroatoms. The lowest BCUT2D eigenvalue weighted by atomic mass is 10.2. The third-order valence-corrected chi connectivity index (χ3v) is 6.15. The van der Waals surface area contributed by atoms with Crippen LogP contribution in [0.5, 0.6) is 5.75 Å². The lowest BCUT2D eigenvalue weighted by Gasteiger charge is -2.20. The highest BCUT2D eigenvalue weighted by molar-refractivity contribution is 7.89. The van der Waals surface area contributed by atoms with E-state index in [9.17, 15) is 13.2 Å². The van der Waals surface area contributed by atoms with Gasteiger partial charge in [0.15, 0.2) is 0 Å². The van der Waals surface area contributed by atoms with Crippen molar-refractivity contribution in [2.45, 2.75) is 38.7 Å². The first-order chi connectivity index (χ1) is 13.2. The standard InChI is InChI=1S/C19H24ClN3O4S/c1-5-23(6-2)28(25,26)15-7-8-17(27-13(3)4)16(12-15)22-19(24)14-9-10-21-18(20)11-14/h7-13H,5-6H2,1-4H3,(H,22,24). The van der Waals surface area contributed by atoms with Gasteiger partial charge in [-0.1, -0.05) is 25.4 Å². The number of pyridine rings is 1. The van der Waals surface area contributed by atoms with E-state index in [1.165, 1.54) is 34.8 Å². The molecule has 0 bridgehead atoms. The summed E-state index contributed by atoms with van der Waals surface area (Å²) in [5.74, 6) is -0.0720. The second-order valence-electron chi connectivity index (χ2n) is 6.24. The number of hydrogen-bond donors (Lipinski definition) is 1. The second-order valence-corrected chi connectivity index (χ2v) is 8.56. The molecule has 0 atom stereocenters. The molecule has 0 spiro atoms. The Morgan fingerprint density at radius 2 is 1.89 bits per heavy atom. The average Bonchev–Trinajstić information content (AvgIpc) is 2.63. The van der Waals surface area contributed by atoms with E-state index in [1.807, 2.05) is 13.8 Å². The molecule has 0 aliphatic heterocycles. The Labute approximate surface area is 170 Å². The zero-order valence-electron chi connectivity index (χ0n) is 16.3. The predicted octanol–water partition coefficient (Wildman–Crippen LogP) is 3.81. The van der Waals surface area contributed by atoms with Crippen molar-refractivity contribution in [3.8, 4) is 5.75 Å². The molecule has 0 unspecified atom stereocenters. The molecular formula is C19H24ClN3O4S. The molecule has 0 aliphatic carbocycles. The summed E-state index contributed by atoms with van der Waals surface area (Å²) in [7, 11) is -3.68. The summed E-state index contributed by atoms with van der Waals surface area (Å²) in [5, 5.41) is 2.90. The molecular weight excluding hydrogens is 402 g/mol. The summed E-state index contributed by atoms with van der Waals surface area (Å²) in [5.41, 5.74) is 0.562. The Morgan fingerprint density at radius 3 is 2.46 bits per heavy atom. The van der Waals surface area contributed by atoms with Gasteiger partial charge in [-0.15, -0.1) is 0 Å². The van der Waals surface area contributed by atoms with Crippen molar-refractivity contribution in [3.05, 3.63) is 47.2 Å². The maximum atomic E-state index is 12.8. The van der Waals surface area contributed by atoms with E-state index in [-0.39, 0.29) is 21.8 Å². The fraction of sp³-hybridized carbons (Fsp3) is 0.368. The third-order valence-electron chi connectivity index (χ3n) is 3.89. The molecule has 0 saturated carbocycles. The number of nitrogens with one attached hydrogen (secondary N) is 1. The number of aromatic nitrogens is 1. The van der Waals surface area contributed by atoms with Gasteiger partial charge in [-0.2, -0.15) is 4.31 Å². The Balaban J connectivity index is 2.45. The Bertz CT molecular complexity index is 944. The molecule has 152 valence electrons. The van der Waals surface area contributed by atoms with Gasteiger partial charge in [0, 0.05) is 24.8 Å². The number of anilines is 1. The number of carbonyl (C=O) groups excluding carboxylic acids is 1. The number of benzene rings is 1. The van der Waals surface area contributed by atoms with Crippen molar-refractivity contribution >= 4 is 33.2 Å². The molecule has 0 saturated heterocycles. The molecule has 1 N–H and O–H groups in total. The van der Waals surface area contributed by atoms with Crippen molar-refractivity contribution in [1.29, 1.82) is 0 Å². The van der Waals surface area contributed by atoms with Crippen LogP contribution >= 0.6 is 11.6 Å². The zero-order chi connectivity index (χ0) is 20.9. The Morgan fingerprint density at radius 1 is 1.21 bits per heavy atom. The summed E-state index contributed by atoms with van der Waals surface area (Å²) >= 11 is 5.84. The quantitative estimate of drug-likeness (QED) is 0.649. The molecule has 0 radical (unpaired) electrons. The molecule has 7 nitrogen and oxygen atoms in total. The number of halogens is 1. The van der Waals surface area contributed by atoms with E-state index in [4.69, 9.17) is 16.3 Å². The predicted molar refractivity (Wildman–Crippen MR) is 110 cm³/mol. The summed E-state index contributed by atoms with van der Waals surface area (Å²) < 4.78 is 32.7. The van der Waals surface area contributed by atoms with Gasteiger partial charge in [0.05, 0.1) is 16.7 Å². The molecule has 1 heterocycles. The first-order valence-electron chi connectivity index (χ1n) is 8.92. The highest BCUT2D eigenvalue weighted by Crippen LogP contribution is 2.30. The van der Waals surface area contributed by atoms with Crippen LogP contribution in [0.1, 0.15) is 38.1 Å². The maximum Gasteiger partial charge on any atom is 0.255 e. The zero-order valence-corrected chi connectivity index (χ0v) is 17.8. The van der Waals surface area contributed by atoms with Gasteiger partial charge < -0.3 is 10.1 Å². The number of ether oxygens (including phenoxy) is 1. The van der Waals surface area contributed by atoms with Crippen molar-refractivity contribution in [2.75, 3.05) is 18.4 Å². The van der Waals surface area contributed by atoms with Crippen LogP contribution in [0, 0.1) is 0 Å². The largest absolute Gasteiger partial charge is 0.489 e. The first kappa shape index (κ1) is 22.1. The summed E-state index contributed by atoms with van der Waals surface area (Å²) in [4.78, 5) is 16.5. The van der Waals surface area contributed by atoms with Gasteiger partial charge in [0.25, 0.3) is 5.91 Å². The smallest absolute Gasteiger partial charge is 0.255 e. The van der Waals surface area contributed by atoms with Gasteiger partial charge >= 0.3 is 0 Å². The van der Waals surface area contributed by atoms with Crippen LogP contribution in [-0.2, 0) is 10.0 Å². The van der Waals surface area contributed by atoms with E-state index in [1.54, 1.807) is 19.9 Å². The highest BCUT2D eigenvalue weighted by atomic mass is 35.5. The van der Waals surface area contributed by atoms with E-state index >= 15 is 0 Å². The van der Waals surface area contributed by atoms with E-state index in [2.05, 4.69) is 10.3 Å².